The molecule has 1 aromatic rings. The van der Waals surface area contributed by atoms with Crippen molar-refractivity contribution >= 4 is 27.3 Å². The Morgan fingerprint density at radius 3 is 2.17 bits per heavy atom. The van der Waals surface area contributed by atoms with Gasteiger partial charge in [0.05, 0.1) is 11.3 Å². The minimum Gasteiger partial charge on any atom is -0.346 e. The van der Waals surface area contributed by atoms with Crippen LogP contribution >= 0.6 is 11.6 Å². The Balaban J connectivity index is 2.84. The molecule has 0 fully saturated rings. The van der Waals surface area contributed by atoms with Gasteiger partial charge in [0.25, 0.3) is 0 Å². The number of carbonyl (C=O) groups is 1. The molecule has 24 heavy (non-hydrogen) atoms. The van der Waals surface area contributed by atoms with Crippen LogP contribution in [0.25, 0.3) is 0 Å². The topological polar surface area (TPSA) is 63.2 Å². The van der Waals surface area contributed by atoms with Crippen LogP contribution in [0.15, 0.2) is 24.3 Å². The zero-order valence-corrected chi connectivity index (χ0v) is 16.3. The molecule has 1 amide bonds. The SMILES string of the molecule is CCCCCS(=O)(=O)CC(=O)NC(CC)(CC)c1ccc(Cl)cc1. The van der Waals surface area contributed by atoms with E-state index >= 15 is 0 Å². The van der Waals surface area contributed by atoms with Crippen LogP contribution in [0.4, 0.5) is 0 Å². The Morgan fingerprint density at radius 1 is 1.08 bits per heavy atom. The summed E-state index contributed by atoms with van der Waals surface area (Å²) in [5.74, 6) is -0.822. The van der Waals surface area contributed by atoms with Gasteiger partial charge >= 0.3 is 0 Å². The third-order valence-electron chi connectivity index (χ3n) is 4.39. The first-order valence-electron chi connectivity index (χ1n) is 8.56. The largest absolute Gasteiger partial charge is 0.346 e. The molecule has 0 spiro atoms. The molecule has 0 saturated carbocycles. The van der Waals surface area contributed by atoms with Crippen LogP contribution in [0.2, 0.25) is 5.02 Å². The average molecular weight is 374 g/mol. The smallest absolute Gasteiger partial charge is 0.235 e. The van der Waals surface area contributed by atoms with E-state index in [1.165, 1.54) is 0 Å². The Bertz CT molecular complexity index is 622. The summed E-state index contributed by atoms with van der Waals surface area (Å²) in [4.78, 5) is 12.3. The van der Waals surface area contributed by atoms with Crippen LogP contribution in [-0.4, -0.2) is 25.8 Å². The van der Waals surface area contributed by atoms with Gasteiger partial charge in [-0.05, 0) is 37.0 Å². The normalized spacial score (nSPS) is 12.2. The molecule has 4 nitrogen and oxygen atoms in total. The van der Waals surface area contributed by atoms with E-state index in [1.54, 1.807) is 12.1 Å². The maximum atomic E-state index is 12.3. The molecule has 6 heteroatoms. The fourth-order valence-electron chi connectivity index (χ4n) is 2.82. The molecule has 0 saturated heterocycles. The van der Waals surface area contributed by atoms with Crippen LogP contribution in [0, 0.1) is 0 Å². The van der Waals surface area contributed by atoms with E-state index in [1.807, 2.05) is 32.9 Å². The molecule has 0 heterocycles. The number of amides is 1. The Hall–Kier alpha value is -1.07. The van der Waals surface area contributed by atoms with Crippen molar-refractivity contribution in [3.8, 4) is 0 Å². The first kappa shape index (κ1) is 21.0. The van der Waals surface area contributed by atoms with Gasteiger partial charge in [0.2, 0.25) is 5.91 Å². The van der Waals surface area contributed by atoms with E-state index in [0.29, 0.717) is 24.3 Å². The van der Waals surface area contributed by atoms with E-state index in [4.69, 9.17) is 11.6 Å². The lowest BCUT2D eigenvalue weighted by atomic mass is 9.84. The monoisotopic (exact) mass is 373 g/mol. The second-order valence-corrected chi connectivity index (χ2v) is 8.76. The van der Waals surface area contributed by atoms with Gasteiger partial charge in [-0.2, -0.15) is 0 Å². The molecule has 136 valence electrons. The predicted octanol–water partition coefficient (Wildman–Crippen LogP) is 4.08. The minimum atomic E-state index is -3.36. The van der Waals surface area contributed by atoms with Gasteiger partial charge < -0.3 is 5.32 Å². The Kier molecular flexibility index (Phi) is 8.23. The van der Waals surface area contributed by atoms with Crippen LogP contribution in [-0.2, 0) is 20.2 Å². The third kappa shape index (κ3) is 6.10. The number of unbranched alkanes of at least 4 members (excludes halogenated alkanes) is 2. The van der Waals surface area contributed by atoms with E-state index < -0.39 is 27.0 Å². The third-order valence-corrected chi connectivity index (χ3v) is 6.26. The maximum Gasteiger partial charge on any atom is 0.235 e. The van der Waals surface area contributed by atoms with Crippen LogP contribution < -0.4 is 5.32 Å². The summed E-state index contributed by atoms with van der Waals surface area (Å²) in [5, 5.41) is 3.58. The second kappa shape index (κ2) is 9.42. The Labute approximate surface area is 150 Å². The highest BCUT2D eigenvalue weighted by Gasteiger charge is 2.31. The van der Waals surface area contributed by atoms with Crippen LogP contribution in [0.5, 0.6) is 0 Å². The molecule has 0 unspecified atom stereocenters. The molecule has 0 atom stereocenters. The van der Waals surface area contributed by atoms with Gasteiger partial charge in [0.15, 0.2) is 9.84 Å². The zero-order valence-electron chi connectivity index (χ0n) is 14.8. The van der Waals surface area contributed by atoms with Crippen molar-refractivity contribution in [3.63, 3.8) is 0 Å². The van der Waals surface area contributed by atoms with Gasteiger partial charge in [-0.25, -0.2) is 8.42 Å². The van der Waals surface area contributed by atoms with E-state index in [0.717, 1.165) is 18.4 Å². The van der Waals surface area contributed by atoms with Crippen molar-refractivity contribution in [2.45, 2.75) is 58.4 Å². The average Bonchev–Trinajstić information content (AvgIpc) is 2.53. The summed E-state index contributed by atoms with van der Waals surface area (Å²) < 4.78 is 24.2. The zero-order chi connectivity index (χ0) is 18.2. The fourth-order valence-corrected chi connectivity index (χ4v) is 4.21. The van der Waals surface area contributed by atoms with Crippen molar-refractivity contribution in [1.29, 1.82) is 0 Å². The molecule has 1 N–H and O–H groups in total. The number of sulfone groups is 1. The fraction of sp³-hybridized carbons (Fsp3) is 0.611. The highest BCUT2D eigenvalue weighted by Crippen LogP contribution is 2.29. The molecule has 0 radical (unpaired) electrons. The summed E-state index contributed by atoms with van der Waals surface area (Å²) >= 11 is 5.93. The van der Waals surface area contributed by atoms with Crippen molar-refractivity contribution in [3.05, 3.63) is 34.9 Å². The second-order valence-electron chi connectivity index (χ2n) is 6.14. The van der Waals surface area contributed by atoms with Gasteiger partial charge in [0.1, 0.15) is 5.75 Å². The summed E-state index contributed by atoms with van der Waals surface area (Å²) in [6.45, 7) is 5.98. The Morgan fingerprint density at radius 2 is 1.67 bits per heavy atom. The maximum absolute atomic E-state index is 12.3. The summed E-state index contributed by atoms with van der Waals surface area (Å²) in [7, 11) is -3.36. The molecular formula is C18H28ClNO3S. The highest BCUT2D eigenvalue weighted by atomic mass is 35.5. The highest BCUT2D eigenvalue weighted by molar-refractivity contribution is 7.92. The van der Waals surface area contributed by atoms with E-state index in [-0.39, 0.29) is 5.75 Å². The predicted molar refractivity (Wildman–Crippen MR) is 100 cm³/mol. The van der Waals surface area contributed by atoms with Crippen LogP contribution in [0.1, 0.15) is 58.4 Å². The molecule has 0 aliphatic rings. The standard InChI is InChI=1S/C18H28ClNO3S/c1-4-7-8-13-24(22,23)14-17(21)20-18(5-2,6-3)15-9-11-16(19)12-10-15/h9-12H,4-8,13-14H2,1-3H3,(H,20,21). The molecule has 0 bridgehead atoms. The lowest BCUT2D eigenvalue weighted by Gasteiger charge is -2.33. The molecule has 0 aliphatic heterocycles. The molecule has 0 aromatic heterocycles. The summed E-state index contributed by atoms with van der Waals surface area (Å²) in [5.41, 5.74) is 0.370. The number of hydrogen-bond acceptors (Lipinski definition) is 3. The molecule has 1 rings (SSSR count). The van der Waals surface area contributed by atoms with Crippen LogP contribution in [0.3, 0.4) is 0 Å². The molecule has 0 aliphatic carbocycles. The lowest BCUT2D eigenvalue weighted by Crippen LogP contribution is -2.47. The van der Waals surface area contributed by atoms with E-state index in [9.17, 15) is 13.2 Å². The lowest BCUT2D eigenvalue weighted by molar-refractivity contribution is -0.120. The van der Waals surface area contributed by atoms with Gasteiger partial charge in [-0.1, -0.05) is 57.3 Å². The minimum absolute atomic E-state index is 0.0699. The van der Waals surface area contributed by atoms with Gasteiger partial charge in [0, 0.05) is 5.02 Å². The number of halogens is 1. The number of rotatable bonds is 10. The molecule has 1 aromatic carbocycles. The van der Waals surface area contributed by atoms with Crippen molar-refractivity contribution in [1.82, 2.24) is 5.32 Å². The number of nitrogens with one attached hydrogen (secondary N) is 1. The first-order valence-corrected chi connectivity index (χ1v) is 10.8. The molecular weight excluding hydrogens is 346 g/mol. The van der Waals surface area contributed by atoms with Crippen molar-refractivity contribution in [2.75, 3.05) is 11.5 Å². The quantitative estimate of drug-likeness (QED) is 0.628. The summed E-state index contributed by atoms with van der Waals surface area (Å²) in [6, 6.07) is 7.33. The number of hydrogen-bond donors (Lipinski definition) is 1. The number of carbonyl (C=O) groups excluding carboxylic acids is 1. The van der Waals surface area contributed by atoms with Gasteiger partial charge in [-0.3, -0.25) is 4.79 Å². The summed E-state index contributed by atoms with van der Waals surface area (Å²) in [6.07, 6.45) is 3.77. The van der Waals surface area contributed by atoms with Crippen molar-refractivity contribution in [2.24, 2.45) is 0 Å². The van der Waals surface area contributed by atoms with Crippen molar-refractivity contribution < 1.29 is 13.2 Å². The van der Waals surface area contributed by atoms with Gasteiger partial charge in [-0.15, -0.1) is 0 Å². The number of benzene rings is 1. The van der Waals surface area contributed by atoms with E-state index in [2.05, 4.69) is 5.32 Å². The first-order chi connectivity index (χ1) is 11.3.